The lowest BCUT2D eigenvalue weighted by Crippen LogP contribution is -2.14. The number of hydrogen-bond donors (Lipinski definition) is 2. The molecule has 0 aliphatic carbocycles. The van der Waals surface area contributed by atoms with Crippen LogP contribution in [0.3, 0.4) is 0 Å². The number of hydrogen-bond acceptors (Lipinski definition) is 5. The van der Waals surface area contributed by atoms with Gasteiger partial charge in [0.25, 0.3) is 4.84 Å². The molecular weight excluding hydrogens is 274 g/mol. The van der Waals surface area contributed by atoms with Crippen molar-refractivity contribution >= 4 is 27.9 Å². The summed E-state index contributed by atoms with van der Waals surface area (Å²) in [7, 11) is -3.26. The van der Waals surface area contributed by atoms with Gasteiger partial charge in [-0.05, 0) is 43.4 Å². The maximum atomic E-state index is 11.4. The molecule has 2 aromatic rings. The first-order valence-electron chi connectivity index (χ1n) is 5.16. The number of H-pyrrole nitrogens is 1. The highest BCUT2D eigenvalue weighted by Gasteiger charge is 2.08. The molecule has 0 amide bonds. The van der Waals surface area contributed by atoms with Crippen molar-refractivity contribution in [1.29, 1.82) is 0 Å². The number of sulfonamides is 1. The molecule has 0 atom stereocenters. The summed E-state index contributed by atoms with van der Waals surface area (Å²) in [6.07, 6.45) is 0. The van der Waals surface area contributed by atoms with E-state index in [1.165, 1.54) is 0 Å². The Labute approximate surface area is 109 Å². The molecule has 2 rings (SSSR count). The summed E-state index contributed by atoms with van der Waals surface area (Å²) >= 11 is 4.77. The number of aromatic nitrogens is 2. The molecule has 0 radical (unpaired) electrons. The Kier molecular flexibility index (Phi) is 3.48. The van der Waals surface area contributed by atoms with Crippen LogP contribution in [-0.2, 0) is 10.0 Å². The molecule has 6 nitrogen and oxygen atoms in total. The molecule has 0 aliphatic rings. The highest BCUT2D eigenvalue weighted by Crippen LogP contribution is 2.19. The quantitative estimate of drug-likeness (QED) is 0.840. The predicted octanol–water partition coefficient (Wildman–Crippen LogP) is 2.16. The van der Waals surface area contributed by atoms with E-state index < -0.39 is 10.0 Å². The van der Waals surface area contributed by atoms with Gasteiger partial charge in [-0.1, -0.05) is 0 Å². The zero-order valence-electron chi connectivity index (χ0n) is 9.50. The first-order chi connectivity index (χ1) is 8.50. The molecule has 18 heavy (non-hydrogen) atoms. The molecule has 1 heterocycles. The third-order valence-corrected chi connectivity index (χ3v) is 3.70. The minimum absolute atomic E-state index is 0.0305. The minimum atomic E-state index is -3.26. The average Bonchev–Trinajstić information content (AvgIpc) is 2.76. The second-order valence-corrected chi connectivity index (χ2v) is 5.88. The van der Waals surface area contributed by atoms with Gasteiger partial charge in [-0.15, -0.1) is 5.10 Å². The molecule has 0 unspecified atom stereocenters. The number of nitrogens with zero attached hydrogens (tertiary/aromatic N) is 1. The van der Waals surface area contributed by atoms with Crippen LogP contribution in [0.25, 0.3) is 11.5 Å². The largest absolute Gasteiger partial charge is 0.409 e. The second kappa shape index (κ2) is 4.91. The van der Waals surface area contributed by atoms with E-state index in [0.29, 0.717) is 17.1 Å². The van der Waals surface area contributed by atoms with Gasteiger partial charge in [0.2, 0.25) is 15.9 Å². The Hall–Kier alpha value is -1.67. The van der Waals surface area contributed by atoms with Gasteiger partial charge in [0.1, 0.15) is 0 Å². The van der Waals surface area contributed by atoms with Crippen molar-refractivity contribution in [3.8, 4) is 11.5 Å². The van der Waals surface area contributed by atoms with Crippen molar-refractivity contribution in [1.82, 2.24) is 10.2 Å². The Morgan fingerprint density at radius 1 is 1.39 bits per heavy atom. The van der Waals surface area contributed by atoms with E-state index in [2.05, 4.69) is 14.9 Å². The van der Waals surface area contributed by atoms with Crippen LogP contribution in [0.4, 0.5) is 5.69 Å². The van der Waals surface area contributed by atoms with Crippen LogP contribution in [0.15, 0.2) is 28.7 Å². The summed E-state index contributed by atoms with van der Waals surface area (Å²) in [4.78, 5) is 0.195. The van der Waals surface area contributed by atoms with Crippen LogP contribution in [0.2, 0.25) is 0 Å². The van der Waals surface area contributed by atoms with Gasteiger partial charge in [-0.25, -0.2) is 13.5 Å². The second-order valence-electron chi connectivity index (χ2n) is 3.50. The molecule has 0 spiro atoms. The van der Waals surface area contributed by atoms with Crippen LogP contribution < -0.4 is 4.72 Å². The van der Waals surface area contributed by atoms with Crippen LogP contribution >= 0.6 is 12.2 Å². The molecule has 0 aliphatic heterocycles. The fourth-order valence-corrected chi connectivity index (χ4v) is 2.05. The van der Waals surface area contributed by atoms with E-state index in [1.807, 2.05) is 0 Å². The van der Waals surface area contributed by atoms with E-state index >= 15 is 0 Å². The van der Waals surface area contributed by atoms with E-state index in [-0.39, 0.29) is 10.6 Å². The summed E-state index contributed by atoms with van der Waals surface area (Å²) in [6, 6.07) is 6.66. The SMILES string of the molecule is CCS(=O)(=O)Nc1ccc(-c2n[nH]c(=S)o2)cc1. The number of anilines is 1. The Morgan fingerprint density at radius 3 is 2.56 bits per heavy atom. The van der Waals surface area contributed by atoms with Crippen molar-refractivity contribution in [2.75, 3.05) is 10.5 Å². The maximum Gasteiger partial charge on any atom is 0.284 e. The fourth-order valence-electron chi connectivity index (χ4n) is 1.29. The van der Waals surface area contributed by atoms with Crippen LogP contribution in [0.1, 0.15) is 6.92 Å². The number of benzene rings is 1. The lowest BCUT2D eigenvalue weighted by atomic mass is 10.2. The topological polar surface area (TPSA) is 88.0 Å². The van der Waals surface area contributed by atoms with Crippen molar-refractivity contribution in [3.63, 3.8) is 0 Å². The molecular formula is C10H11N3O3S2. The molecule has 96 valence electrons. The zero-order valence-corrected chi connectivity index (χ0v) is 11.1. The minimum Gasteiger partial charge on any atom is -0.409 e. The maximum absolute atomic E-state index is 11.4. The van der Waals surface area contributed by atoms with Gasteiger partial charge >= 0.3 is 0 Å². The van der Waals surface area contributed by atoms with Gasteiger partial charge in [0.05, 0.1) is 5.75 Å². The average molecular weight is 285 g/mol. The van der Waals surface area contributed by atoms with Crippen molar-refractivity contribution < 1.29 is 12.8 Å². The zero-order chi connectivity index (χ0) is 13.2. The molecule has 0 saturated carbocycles. The smallest absolute Gasteiger partial charge is 0.284 e. The molecule has 8 heteroatoms. The number of aromatic amines is 1. The van der Waals surface area contributed by atoms with E-state index in [4.69, 9.17) is 16.6 Å². The van der Waals surface area contributed by atoms with E-state index in [0.717, 1.165) is 0 Å². The summed E-state index contributed by atoms with van der Waals surface area (Å²) in [6.45, 7) is 1.57. The van der Waals surface area contributed by atoms with Gasteiger partial charge in [-0.2, -0.15) is 0 Å². The van der Waals surface area contributed by atoms with E-state index in [9.17, 15) is 8.42 Å². The Morgan fingerprint density at radius 2 is 2.06 bits per heavy atom. The van der Waals surface area contributed by atoms with Crippen molar-refractivity contribution in [2.24, 2.45) is 0 Å². The monoisotopic (exact) mass is 285 g/mol. The normalized spacial score (nSPS) is 11.4. The lowest BCUT2D eigenvalue weighted by molar-refractivity contribution is 0.552. The van der Waals surface area contributed by atoms with Gasteiger partial charge in [0.15, 0.2) is 0 Å². The molecule has 1 aromatic carbocycles. The molecule has 1 aromatic heterocycles. The first kappa shape index (κ1) is 12.8. The lowest BCUT2D eigenvalue weighted by Gasteiger charge is -2.05. The highest BCUT2D eigenvalue weighted by molar-refractivity contribution is 7.92. The summed E-state index contributed by atoms with van der Waals surface area (Å²) in [5.41, 5.74) is 1.21. The molecule has 0 bridgehead atoms. The molecule has 2 N–H and O–H groups in total. The standard InChI is InChI=1S/C10H11N3O3S2/c1-2-18(14,15)13-8-5-3-7(4-6-8)9-11-12-10(17)16-9/h3-6,13H,2H2,1H3,(H,12,17). The molecule has 0 saturated heterocycles. The Balaban J connectivity index is 2.23. The third-order valence-electron chi connectivity index (χ3n) is 2.22. The third kappa shape index (κ3) is 2.96. The van der Waals surface area contributed by atoms with Gasteiger partial charge < -0.3 is 4.42 Å². The first-order valence-corrected chi connectivity index (χ1v) is 7.22. The highest BCUT2D eigenvalue weighted by atomic mass is 32.2. The predicted molar refractivity (Wildman–Crippen MR) is 70.2 cm³/mol. The van der Waals surface area contributed by atoms with Crippen LogP contribution in [0, 0.1) is 4.84 Å². The fraction of sp³-hybridized carbons (Fsp3) is 0.200. The van der Waals surface area contributed by atoms with Gasteiger partial charge in [0, 0.05) is 11.3 Å². The van der Waals surface area contributed by atoms with Crippen molar-refractivity contribution in [3.05, 3.63) is 29.1 Å². The Bertz CT molecular complexity index is 686. The number of nitrogens with one attached hydrogen (secondary N) is 2. The molecule has 0 fully saturated rings. The summed E-state index contributed by atoms with van der Waals surface area (Å²) in [5.74, 6) is 0.396. The van der Waals surface area contributed by atoms with Crippen LogP contribution in [0.5, 0.6) is 0 Å². The number of rotatable bonds is 4. The van der Waals surface area contributed by atoms with E-state index in [1.54, 1.807) is 31.2 Å². The summed E-state index contributed by atoms with van der Waals surface area (Å²) < 4.78 is 30.3. The van der Waals surface area contributed by atoms with Crippen molar-refractivity contribution in [2.45, 2.75) is 6.92 Å². The van der Waals surface area contributed by atoms with Crippen LogP contribution in [-0.4, -0.2) is 24.4 Å². The van der Waals surface area contributed by atoms with Gasteiger partial charge in [-0.3, -0.25) is 4.72 Å². The summed E-state index contributed by atoms with van der Waals surface area (Å²) in [5, 5.41) is 6.39.